The van der Waals surface area contributed by atoms with Crippen molar-refractivity contribution in [2.75, 3.05) is 6.54 Å². The fourth-order valence-corrected chi connectivity index (χ4v) is 1.41. The minimum atomic E-state index is -5.15. The topological polar surface area (TPSA) is 116 Å². The van der Waals surface area contributed by atoms with Crippen LogP contribution in [0.3, 0.4) is 0 Å². The number of carbonyl (C=O) groups excluding carboxylic acids is 2. The van der Waals surface area contributed by atoms with Gasteiger partial charge in [-0.1, -0.05) is 9.95 Å². The Labute approximate surface area is 102 Å². The van der Waals surface area contributed by atoms with Crippen molar-refractivity contribution in [3.63, 3.8) is 0 Å². The number of primary amides is 1. The molecule has 0 heterocycles. The number of nitrogens with one attached hydrogen (secondary N) is 1. The number of carbonyl (C=O) groups is 2. The number of hydrogen-bond donors (Lipinski definition) is 2. The quantitative estimate of drug-likeness (QED) is 0.703. The molecule has 0 unspecified atom stereocenters. The van der Waals surface area contributed by atoms with Crippen molar-refractivity contribution in [2.45, 2.75) is 0 Å². The second-order valence-corrected chi connectivity index (χ2v) is 4.11. The van der Waals surface area contributed by atoms with Crippen LogP contribution in [0.5, 0.6) is 5.75 Å². The molecule has 0 aliphatic rings. The molecule has 9 heteroatoms. The summed E-state index contributed by atoms with van der Waals surface area (Å²) in [4.78, 5) is 21.9. The van der Waals surface area contributed by atoms with Gasteiger partial charge in [0.15, 0.2) is 0 Å². The van der Waals surface area contributed by atoms with Gasteiger partial charge < -0.3 is 15.2 Å². The molecule has 98 valence electrons. The van der Waals surface area contributed by atoms with Crippen molar-refractivity contribution in [3.8, 4) is 5.75 Å². The molecule has 0 bridgehead atoms. The largest absolute Gasteiger partial charge is 0.488 e. The van der Waals surface area contributed by atoms with Crippen molar-refractivity contribution in [1.29, 1.82) is 0 Å². The number of benzene rings is 1. The minimum absolute atomic E-state index is 0.00241. The van der Waals surface area contributed by atoms with E-state index in [-0.39, 0.29) is 17.9 Å². The fraction of sp³-hybridized carbons (Fsp3) is 0.111. The lowest BCUT2D eigenvalue weighted by atomic mass is 10.2. The summed E-state index contributed by atoms with van der Waals surface area (Å²) in [6.45, 7) is -0.370. The third-order valence-electron chi connectivity index (χ3n) is 1.72. The Kier molecular flexibility index (Phi) is 4.21. The van der Waals surface area contributed by atoms with Crippen LogP contribution in [0.15, 0.2) is 24.3 Å². The van der Waals surface area contributed by atoms with Gasteiger partial charge in [0.05, 0.1) is 6.54 Å². The van der Waals surface area contributed by atoms with E-state index >= 15 is 0 Å². The van der Waals surface area contributed by atoms with Crippen LogP contribution < -0.4 is 15.2 Å². The lowest BCUT2D eigenvalue weighted by Crippen LogP contribution is -2.33. The van der Waals surface area contributed by atoms with E-state index in [4.69, 9.17) is 5.73 Å². The van der Waals surface area contributed by atoms with Crippen LogP contribution >= 0.6 is 0 Å². The second kappa shape index (κ2) is 5.45. The highest BCUT2D eigenvalue weighted by Crippen LogP contribution is 2.15. The van der Waals surface area contributed by atoms with E-state index in [0.29, 0.717) is 0 Å². The lowest BCUT2D eigenvalue weighted by Gasteiger charge is -2.04. The molecular weight excluding hydrogens is 267 g/mol. The zero-order chi connectivity index (χ0) is 13.8. The Balaban J connectivity index is 2.82. The maximum atomic E-state index is 12.2. The minimum Gasteiger partial charge on any atom is -0.368 e. The summed E-state index contributed by atoms with van der Waals surface area (Å²) in [6, 6.07) is 4.78. The Morgan fingerprint density at radius 1 is 1.39 bits per heavy atom. The predicted molar refractivity (Wildman–Crippen MR) is 58.6 cm³/mol. The first-order valence-corrected chi connectivity index (χ1v) is 5.89. The molecule has 7 nitrogen and oxygen atoms in total. The summed E-state index contributed by atoms with van der Waals surface area (Å²) in [6.07, 6.45) is 0. The van der Waals surface area contributed by atoms with Crippen LogP contribution in [-0.2, 0) is 15.3 Å². The van der Waals surface area contributed by atoms with E-state index in [1.54, 1.807) is 0 Å². The summed E-state index contributed by atoms with van der Waals surface area (Å²) in [5.74, 6) is -1.76. The first kappa shape index (κ1) is 13.9. The van der Waals surface area contributed by atoms with Gasteiger partial charge in [-0.2, -0.15) is 8.42 Å². The van der Waals surface area contributed by atoms with E-state index in [0.717, 1.165) is 12.1 Å². The Bertz CT molecular complexity index is 572. The summed E-state index contributed by atoms with van der Waals surface area (Å²) < 4.78 is 36.7. The van der Waals surface area contributed by atoms with Crippen molar-refractivity contribution >= 4 is 22.3 Å². The smallest absolute Gasteiger partial charge is 0.368 e. The molecule has 0 aromatic heterocycles. The molecule has 0 saturated carbocycles. The summed E-state index contributed by atoms with van der Waals surface area (Å²) in [5.41, 5.74) is 4.82. The molecule has 0 spiro atoms. The van der Waals surface area contributed by atoms with E-state index in [1.165, 1.54) is 12.1 Å². The van der Waals surface area contributed by atoms with Crippen LogP contribution in [0.25, 0.3) is 0 Å². The molecule has 1 aromatic rings. The normalized spacial score (nSPS) is 10.7. The van der Waals surface area contributed by atoms with Crippen LogP contribution in [0, 0.1) is 0 Å². The third-order valence-corrected chi connectivity index (χ3v) is 2.11. The van der Waals surface area contributed by atoms with Crippen molar-refractivity contribution in [1.82, 2.24) is 5.32 Å². The lowest BCUT2D eigenvalue weighted by molar-refractivity contribution is -0.117. The monoisotopic (exact) mass is 276 g/mol. The summed E-state index contributed by atoms with van der Waals surface area (Å²) in [7, 11) is -5.15. The summed E-state index contributed by atoms with van der Waals surface area (Å²) in [5, 5.41) is 2.18. The molecule has 1 aromatic carbocycles. The number of halogens is 1. The number of hydrogen-bond acceptors (Lipinski definition) is 5. The van der Waals surface area contributed by atoms with E-state index in [2.05, 4.69) is 9.50 Å². The Morgan fingerprint density at radius 2 is 2.06 bits per heavy atom. The first-order valence-electron chi connectivity index (χ1n) is 4.58. The van der Waals surface area contributed by atoms with Gasteiger partial charge in [0.2, 0.25) is 5.91 Å². The molecule has 0 fully saturated rings. The van der Waals surface area contributed by atoms with Gasteiger partial charge in [0, 0.05) is 5.56 Å². The number of nitrogens with two attached hydrogens (primary N) is 1. The van der Waals surface area contributed by atoms with Crippen LogP contribution in [0.1, 0.15) is 10.4 Å². The molecule has 2 amide bonds. The van der Waals surface area contributed by atoms with E-state index < -0.39 is 22.3 Å². The van der Waals surface area contributed by atoms with Crippen molar-refractivity contribution < 1.29 is 26.1 Å². The molecule has 0 saturated heterocycles. The Hall–Kier alpha value is -2.16. The van der Waals surface area contributed by atoms with E-state index in [1.807, 2.05) is 0 Å². The van der Waals surface area contributed by atoms with Gasteiger partial charge >= 0.3 is 10.5 Å². The van der Waals surface area contributed by atoms with Crippen LogP contribution in [-0.4, -0.2) is 26.8 Å². The first-order chi connectivity index (χ1) is 8.28. The van der Waals surface area contributed by atoms with Crippen molar-refractivity contribution in [2.24, 2.45) is 5.73 Å². The van der Waals surface area contributed by atoms with E-state index in [9.17, 15) is 21.9 Å². The zero-order valence-electron chi connectivity index (χ0n) is 8.92. The van der Waals surface area contributed by atoms with Crippen LogP contribution in [0.4, 0.5) is 3.89 Å². The maximum absolute atomic E-state index is 12.2. The second-order valence-electron chi connectivity index (χ2n) is 3.15. The van der Waals surface area contributed by atoms with Gasteiger partial charge in [-0.25, -0.2) is 0 Å². The molecule has 1 rings (SSSR count). The van der Waals surface area contributed by atoms with Crippen molar-refractivity contribution in [3.05, 3.63) is 29.8 Å². The molecule has 18 heavy (non-hydrogen) atoms. The highest BCUT2D eigenvalue weighted by molar-refractivity contribution is 7.81. The fourth-order valence-electron chi connectivity index (χ4n) is 1.07. The number of amides is 2. The average Bonchev–Trinajstić information content (AvgIpc) is 2.23. The standard InChI is InChI=1S/C9H9FN2O5S/c10-18(15,16)17-7-3-1-2-6(4-7)9(14)12-5-8(11)13/h1-4H,5H2,(H2,11,13)(H,12,14). The molecule has 3 N–H and O–H groups in total. The average molecular weight is 276 g/mol. The van der Waals surface area contributed by atoms with Gasteiger partial charge in [-0.15, -0.1) is 0 Å². The van der Waals surface area contributed by atoms with Gasteiger partial charge in [0.25, 0.3) is 5.91 Å². The number of rotatable bonds is 5. The maximum Gasteiger partial charge on any atom is 0.488 e. The molecule has 0 aliphatic carbocycles. The third kappa shape index (κ3) is 4.78. The Morgan fingerprint density at radius 3 is 2.61 bits per heavy atom. The zero-order valence-corrected chi connectivity index (χ0v) is 9.74. The highest BCUT2D eigenvalue weighted by Gasteiger charge is 2.12. The predicted octanol–water partition coefficient (Wildman–Crippen LogP) is -0.505. The summed E-state index contributed by atoms with van der Waals surface area (Å²) >= 11 is 0. The van der Waals surface area contributed by atoms with Gasteiger partial charge in [-0.3, -0.25) is 9.59 Å². The molecule has 0 aliphatic heterocycles. The molecule has 0 radical (unpaired) electrons. The van der Waals surface area contributed by atoms with Gasteiger partial charge in [-0.05, 0) is 18.2 Å². The molecular formula is C9H9FN2O5S. The SMILES string of the molecule is NC(=O)CNC(=O)c1cccc(OS(=O)(=O)F)c1. The molecule has 0 atom stereocenters. The van der Waals surface area contributed by atoms with Crippen LogP contribution in [0.2, 0.25) is 0 Å². The van der Waals surface area contributed by atoms with Gasteiger partial charge in [0.1, 0.15) is 5.75 Å². The highest BCUT2D eigenvalue weighted by atomic mass is 32.3.